The molecule has 7 heteroatoms. The molecule has 18 heavy (non-hydrogen) atoms. The summed E-state index contributed by atoms with van der Waals surface area (Å²) in [7, 11) is 0. The fourth-order valence-electron chi connectivity index (χ4n) is 2.57. The number of rotatable bonds is 7. The smallest absolute Gasteiger partial charge is 0.234 e. The van der Waals surface area contributed by atoms with Crippen molar-refractivity contribution < 1.29 is 20.2 Å². The molecule has 0 bridgehead atoms. The van der Waals surface area contributed by atoms with Gasteiger partial charge in [-0.3, -0.25) is 15.0 Å². The summed E-state index contributed by atoms with van der Waals surface area (Å²) < 4.78 is 0. The molecule has 7 nitrogen and oxygen atoms in total. The van der Waals surface area contributed by atoms with E-state index in [1.54, 1.807) is 0 Å². The van der Waals surface area contributed by atoms with Crippen LogP contribution in [0.25, 0.3) is 0 Å². The van der Waals surface area contributed by atoms with E-state index in [2.05, 4.69) is 0 Å². The van der Waals surface area contributed by atoms with Crippen molar-refractivity contribution in [3.63, 3.8) is 0 Å². The summed E-state index contributed by atoms with van der Waals surface area (Å²) >= 11 is 0. The van der Waals surface area contributed by atoms with Crippen LogP contribution >= 0.6 is 0 Å². The van der Waals surface area contributed by atoms with Crippen molar-refractivity contribution in [1.82, 2.24) is 4.90 Å². The van der Waals surface area contributed by atoms with Gasteiger partial charge in [0.25, 0.3) is 0 Å². The highest BCUT2D eigenvalue weighted by Crippen LogP contribution is 2.32. The standard InChI is InChI=1S/C11H22N2O5/c14-6-10(7-15)12(9-16)8-11(13(17)18)4-2-1-3-5-11/h10,14-16H,1-9H2. The van der Waals surface area contributed by atoms with Gasteiger partial charge in [0.1, 0.15) is 0 Å². The minimum atomic E-state index is -1.05. The van der Waals surface area contributed by atoms with Gasteiger partial charge >= 0.3 is 0 Å². The molecule has 0 spiro atoms. The maximum absolute atomic E-state index is 11.3. The molecule has 1 rings (SSSR count). The van der Waals surface area contributed by atoms with Crippen LogP contribution in [0, 0.1) is 10.1 Å². The summed E-state index contributed by atoms with van der Waals surface area (Å²) in [6, 6.07) is -0.645. The number of hydrogen-bond donors (Lipinski definition) is 3. The maximum Gasteiger partial charge on any atom is 0.234 e. The summed E-state index contributed by atoms with van der Waals surface area (Å²) in [6.07, 6.45) is 3.59. The SMILES string of the molecule is O=[N+]([O-])C1(CN(CO)C(CO)CO)CCCCC1. The minimum Gasteiger partial charge on any atom is -0.395 e. The van der Waals surface area contributed by atoms with Crippen LogP contribution in [-0.4, -0.2) is 63.2 Å². The van der Waals surface area contributed by atoms with Crippen molar-refractivity contribution in [2.45, 2.75) is 43.7 Å². The van der Waals surface area contributed by atoms with E-state index in [9.17, 15) is 15.2 Å². The quantitative estimate of drug-likeness (QED) is 0.326. The zero-order valence-electron chi connectivity index (χ0n) is 10.5. The number of hydrogen-bond acceptors (Lipinski definition) is 6. The lowest BCUT2D eigenvalue weighted by atomic mass is 9.81. The first-order valence-electron chi connectivity index (χ1n) is 6.31. The van der Waals surface area contributed by atoms with Gasteiger partial charge in [0, 0.05) is 17.8 Å². The van der Waals surface area contributed by atoms with Gasteiger partial charge in [0.05, 0.1) is 32.5 Å². The van der Waals surface area contributed by atoms with Gasteiger partial charge in [0.15, 0.2) is 0 Å². The normalized spacial score (nSPS) is 19.4. The van der Waals surface area contributed by atoms with Crippen LogP contribution in [0.4, 0.5) is 0 Å². The van der Waals surface area contributed by atoms with E-state index < -0.39 is 18.3 Å². The molecule has 0 aliphatic heterocycles. The van der Waals surface area contributed by atoms with Crippen LogP contribution < -0.4 is 0 Å². The number of nitrogens with zero attached hydrogens (tertiary/aromatic N) is 2. The Balaban J connectivity index is 2.77. The second-order valence-corrected chi connectivity index (χ2v) is 4.95. The highest BCUT2D eigenvalue weighted by Gasteiger charge is 2.45. The Bertz CT molecular complexity index is 264. The summed E-state index contributed by atoms with van der Waals surface area (Å²) in [5, 5.41) is 38.8. The topological polar surface area (TPSA) is 107 Å². The molecule has 0 aromatic carbocycles. The molecule has 1 aliphatic carbocycles. The van der Waals surface area contributed by atoms with Crippen LogP contribution in [0.2, 0.25) is 0 Å². The van der Waals surface area contributed by atoms with Crippen molar-refractivity contribution in [2.24, 2.45) is 0 Å². The zero-order valence-corrected chi connectivity index (χ0v) is 10.5. The monoisotopic (exact) mass is 262 g/mol. The lowest BCUT2D eigenvalue weighted by Gasteiger charge is -2.36. The van der Waals surface area contributed by atoms with Crippen LogP contribution in [0.3, 0.4) is 0 Å². The average molecular weight is 262 g/mol. The van der Waals surface area contributed by atoms with E-state index in [0.717, 1.165) is 19.3 Å². The van der Waals surface area contributed by atoms with Gasteiger partial charge in [-0.2, -0.15) is 0 Å². The third kappa shape index (κ3) is 3.38. The molecule has 1 fully saturated rings. The average Bonchev–Trinajstić information content (AvgIpc) is 2.39. The van der Waals surface area contributed by atoms with Crippen LogP contribution in [0.1, 0.15) is 32.1 Å². The van der Waals surface area contributed by atoms with E-state index >= 15 is 0 Å². The second kappa shape index (κ2) is 6.98. The molecule has 106 valence electrons. The lowest BCUT2D eigenvalue weighted by molar-refractivity contribution is -0.576. The second-order valence-electron chi connectivity index (χ2n) is 4.95. The molecule has 0 atom stereocenters. The Hall–Kier alpha value is -0.760. The molecule has 0 aromatic heterocycles. The van der Waals surface area contributed by atoms with Gasteiger partial charge in [-0.1, -0.05) is 6.42 Å². The molecule has 0 heterocycles. The fraction of sp³-hybridized carbons (Fsp3) is 1.00. The zero-order chi connectivity index (χ0) is 13.6. The summed E-state index contributed by atoms with van der Waals surface area (Å²) in [5.41, 5.74) is -1.05. The fourth-order valence-corrected chi connectivity index (χ4v) is 2.57. The number of aliphatic hydroxyl groups excluding tert-OH is 3. The summed E-state index contributed by atoms with van der Waals surface area (Å²) in [6.45, 7) is -0.987. The maximum atomic E-state index is 11.3. The first kappa shape index (κ1) is 15.3. The molecule has 0 radical (unpaired) electrons. The van der Waals surface area contributed by atoms with Crippen LogP contribution in [0.15, 0.2) is 0 Å². The van der Waals surface area contributed by atoms with Gasteiger partial charge < -0.3 is 15.3 Å². The molecule has 0 unspecified atom stereocenters. The third-order valence-electron chi connectivity index (χ3n) is 3.79. The highest BCUT2D eigenvalue weighted by molar-refractivity contribution is 4.87. The largest absolute Gasteiger partial charge is 0.395 e. The van der Waals surface area contributed by atoms with E-state index in [-0.39, 0.29) is 24.7 Å². The van der Waals surface area contributed by atoms with Crippen molar-refractivity contribution >= 4 is 0 Å². The van der Waals surface area contributed by atoms with Gasteiger partial charge in [0.2, 0.25) is 5.54 Å². The van der Waals surface area contributed by atoms with Crippen LogP contribution in [0.5, 0.6) is 0 Å². The molecular formula is C11H22N2O5. The molecule has 1 saturated carbocycles. The van der Waals surface area contributed by atoms with Gasteiger partial charge in [-0.25, -0.2) is 0 Å². The van der Waals surface area contributed by atoms with E-state index in [4.69, 9.17) is 10.2 Å². The molecule has 0 amide bonds. The predicted molar refractivity (Wildman–Crippen MR) is 64.6 cm³/mol. The molecule has 0 aromatic rings. The predicted octanol–water partition coefficient (Wildman–Crippen LogP) is -0.429. The Morgan fingerprint density at radius 3 is 2.11 bits per heavy atom. The molecule has 3 N–H and O–H groups in total. The van der Waals surface area contributed by atoms with Crippen molar-refractivity contribution in [2.75, 3.05) is 26.5 Å². The van der Waals surface area contributed by atoms with Crippen molar-refractivity contribution in [3.05, 3.63) is 10.1 Å². The van der Waals surface area contributed by atoms with Crippen molar-refractivity contribution in [1.29, 1.82) is 0 Å². The Kier molecular flexibility index (Phi) is 5.94. The first-order valence-corrected chi connectivity index (χ1v) is 6.31. The van der Waals surface area contributed by atoms with Gasteiger partial charge in [-0.15, -0.1) is 0 Å². The Morgan fingerprint density at radius 2 is 1.72 bits per heavy atom. The van der Waals surface area contributed by atoms with Crippen molar-refractivity contribution in [3.8, 4) is 0 Å². The number of aliphatic hydroxyl groups is 3. The summed E-state index contributed by atoms with van der Waals surface area (Å²) in [4.78, 5) is 12.4. The number of nitro groups is 1. The van der Waals surface area contributed by atoms with Gasteiger partial charge in [-0.05, 0) is 12.8 Å². The summed E-state index contributed by atoms with van der Waals surface area (Å²) in [5.74, 6) is 0. The minimum absolute atomic E-state index is 0.0717. The van der Waals surface area contributed by atoms with E-state index in [0.29, 0.717) is 12.8 Å². The van der Waals surface area contributed by atoms with Crippen LogP contribution in [-0.2, 0) is 0 Å². The molecule has 1 aliphatic rings. The lowest BCUT2D eigenvalue weighted by Crippen LogP contribution is -2.54. The van der Waals surface area contributed by atoms with E-state index in [1.807, 2.05) is 0 Å². The molecule has 0 saturated heterocycles. The first-order chi connectivity index (χ1) is 8.59. The third-order valence-corrected chi connectivity index (χ3v) is 3.79. The Labute approximate surface area is 106 Å². The Morgan fingerprint density at radius 1 is 1.17 bits per heavy atom. The van der Waals surface area contributed by atoms with E-state index in [1.165, 1.54) is 4.90 Å². The molecular weight excluding hydrogens is 240 g/mol. The highest BCUT2D eigenvalue weighted by atomic mass is 16.6.